The number of halogens is 1. The minimum absolute atomic E-state index is 0.103. The topological polar surface area (TPSA) is 92.0 Å². The lowest BCUT2D eigenvalue weighted by Crippen LogP contribution is -1.96. The normalized spacial score (nSPS) is 10.6. The van der Waals surface area contributed by atoms with E-state index in [1.165, 1.54) is 6.07 Å². The van der Waals surface area contributed by atoms with Crippen LogP contribution in [0.15, 0.2) is 16.7 Å². The molecule has 0 unspecified atom stereocenters. The number of fused-ring (bicyclic) bond motifs is 1. The fraction of sp³-hybridized carbons (Fsp3) is 0. The van der Waals surface area contributed by atoms with Gasteiger partial charge in [0.15, 0.2) is 0 Å². The maximum absolute atomic E-state index is 10.7. The highest BCUT2D eigenvalue weighted by molar-refractivity contribution is 9.10. The molecule has 0 bridgehead atoms. The summed E-state index contributed by atoms with van der Waals surface area (Å²) in [6, 6.07) is 3.22. The van der Waals surface area contributed by atoms with Crippen molar-refractivity contribution in [3.05, 3.63) is 22.4 Å². The van der Waals surface area contributed by atoms with Crippen molar-refractivity contribution in [1.29, 1.82) is 0 Å². The van der Waals surface area contributed by atoms with Crippen LogP contribution in [0.2, 0.25) is 0 Å². The number of nitrogens with one attached hydrogen (secondary N) is 1. The number of H-pyrrole nitrogens is 1. The number of rotatable bonds is 1. The van der Waals surface area contributed by atoms with E-state index < -0.39 is 5.97 Å². The van der Waals surface area contributed by atoms with Gasteiger partial charge in [0, 0.05) is 5.39 Å². The number of carboxylic acid groups (broad SMARTS) is 1. The van der Waals surface area contributed by atoms with Gasteiger partial charge in [-0.2, -0.15) is 0 Å². The maximum Gasteiger partial charge on any atom is 0.352 e. The van der Waals surface area contributed by atoms with E-state index in [1.807, 2.05) is 0 Å². The molecule has 0 aliphatic carbocycles. The van der Waals surface area contributed by atoms with Crippen molar-refractivity contribution >= 4 is 38.6 Å². The monoisotopic (exact) mass is 255 g/mol. The number of pyridine rings is 1. The van der Waals surface area contributed by atoms with E-state index in [9.17, 15) is 4.79 Å². The van der Waals surface area contributed by atoms with Crippen LogP contribution in [0, 0.1) is 0 Å². The average Bonchev–Trinajstić information content (AvgIpc) is 2.47. The molecule has 0 fully saturated rings. The van der Waals surface area contributed by atoms with Gasteiger partial charge in [0.25, 0.3) is 0 Å². The third-order valence-corrected chi connectivity index (χ3v) is 2.24. The van der Waals surface area contributed by atoms with Crippen LogP contribution in [-0.4, -0.2) is 21.0 Å². The number of carbonyl (C=O) groups is 1. The van der Waals surface area contributed by atoms with Gasteiger partial charge in [0.2, 0.25) is 0 Å². The lowest BCUT2D eigenvalue weighted by atomic mass is 10.3. The van der Waals surface area contributed by atoms with Gasteiger partial charge in [-0.25, -0.2) is 9.78 Å². The number of anilines is 1. The lowest BCUT2D eigenvalue weighted by Gasteiger charge is -1.95. The van der Waals surface area contributed by atoms with E-state index in [-0.39, 0.29) is 11.5 Å². The Hall–Kier alpha value is -1.56. The second-order valence-electron chi connectivity index (χ2n) is 2.78. The van der Waals surface area contributed by atoms with Crippen LogP contribution in [0.25, 0.3) is 10.9 Å². The molecule has 2 rings (SSSR count). The molecule has 6 heteroatoms. The van der Waals surface area contributed by atoms with E-state index >= 15 is 0 Å². The number of hydrogen-bond donors (Lipinski definition) is 3. The summed E-state index contributed by atoms with van der Waals surface area (Å²) in [5.74, 6) is -0.737. The van der Waals surface area contributed by atoms with Gasteiger partial charge in [-0.3, -0.25) is 0 Å². The summed E-state index contributed by atoms with van der Waals surface area (Å²) in [5.41, 5.74) is 6.26. The minimum atomic E-state index is -1.02. The zero-order valence-corrected chi connectivity index (χ0v) is 8.50. The highest BCUT2D eigenvalue weighted by Crippen LogP contribution is 2.23. The first-order chi connectivity index (χ1) is 6.58. The largest absolute Gasteiger partial charge is 0.477 e. The van der Waals surface area contributed by atoms with Crippen LogP contribution < -0.4 is 5.73 Å². The number of nitrogens with two attached hydrogens (primary N) is 1. The Morgan fingerprint density at radius 3 is 2.93 bits per heavy atom. The SMILES string of the molecule is Nc1nc(Br)cc2cc(C(=O)O)[nH]c12. The van der Waals surface area contributed by atoms with Gasteiger partial charge >= 0.3 is 5.97 Å². The molecule has 5 nitrogen and oxygen atoms in total. The average molecular weight is 256 g/mol. The number of aromatic carboxylic acids is 1. The molecular formula is C8H6BrN3O2. The van der Waals surface area contributed by atoms with Crippen LogP contribution >= 0.6 is 15.9 Å². The Morgan fingerprint density at radius 1 is 1.57 bits per heavy atom. The zero-order valence-electron chi connectivity index (χ0n) is 6.91. The van der Waals surface area contributed by atoms with Crippen LogP contribution in [0.3, 0.4) is 0 Å². The number of nitrogens with zero attached hydrogens (tertiary/aromatic N) is 1. The fourth-order valence-electron chi connectivity index (χ4n) is 1.24. The van der Waals surface area contributed by atoms with Crippen LogP contribution in [0.4, 0.5) is 5.82 Å². The smallest absolute Gasteiger partial charge is 0.352 e. The highest BCUT2D eigenvalue weighted by Gasteiger charge is 2.10. The second kappa shape index (κ2) is 2.98. The summed E-state index contributed by atoms with van der Waals surface area (Å²) in [5, 5.41) is 9.47. The molecule has 0 radical (unpaired) electrons. The summed E-state index contributed by atoms with van der Waals surface area (Å²) < 4.78 is 0.582. The molecule has 4 N–H and O–H groups in total. The maximum atomic E-state index is 10.7. The van der Waals surface area contributed by atoms with Crippen molar-refractivity contribution in [3.8, 4) is 0 Å². The van der Waals surface area contributed by atoms with Crippen LogP contribution in [0.5, 0.6) is 0 Å². The number of carboxylic acids is 1. The van der Waals surface area contributed by atoms with E-state index in [0.29, 0.717) is 10.1 Å². The van der Waals surface area contributed by atoms with Crippen molar-refractivity contribution in [2.24, 2.45) is 0 Å². The van der Waals surface area contributed by atoms with Gasteiger partial charge in [0.1, 0.15) is 16.1 Å². The molecule has 0 aromatic carbocycles. The summed E-state index contributed by atoms with van der Waals surface area (Å²) in [6.45, 7) is 0. The Balaban J connectivity index is 2.76. The summed E-state index contributed by atoms with van der Waals surface area (Å²) >= 11 is 3.18. The quantitative estimate of drug-likeness (QED) is 0.676. The van der Waals surface area contributed by atoms with Gasteiger partial charge < -0.3 is 15.8 Å². The van der Waals surface area contributed by atoms with Crippen molar-refractivity contribution in [2.75, 3.05) is 5.73 Å². The van der Waals surface area contributed by atoms with E-state index in [1.54, 1.807) is 6.07 Å². The van der Waals surface area contributed by atoms with Crippen molar-refractivity contribution in [1.82, 2.24) is 9.97 Å². The van der Waals surface area contributed by atoms with Crippen LogP contribution in [-0.2, 0) is 0 Å². The van der Waals surface area contributed by atoms with Gasteiger partial charge in [-0.05, 0) is 28.1 Å². The lowest BCUT2D eigenvalue weighted by molar-refractivity contribution is 0.0691. The fourth-order valence-corrected chi connectivity index (χ4v) is 1.68. The molecule has 0 saturated carbocycles. The molecule has 14 heavy (non-hydrogen) atoms. The van der Waals surface area contributed by atoms with Gasteiger partial charge in [-0.15, -0.1) is 0 Å². The first-order valence-corrected chi connectivity index (χ1v) is 4.55. The molecule has 2 aromatic heterocycles. The first kappa shape index (κ1) is 9.01. The molecule has 2 aromatic rings. The minimum Gasteiger partial charge on any atom is -0.477 e. The van der Waals surface area contributed by atoms with E-state index in [4.69, 9.17) is 10.8 Å². The Bertz CT molecular complexity index is 521. The molecule has 0 aliphatic rings. The molecule has 0 aliphatic heterocycles. The molecule has 0 spiro atoms. The molecule has 72 valence electrons. The number of nitrogen functional groups attached to an aromatic ring is 1. The second-order valence-corrected chi connectivity index (χ2v) is 3.60. The molecule has 0 amide bonds. The highest BCUT2D eigenvalue weighted by atomic mass is 79.9. The molecule has 2 heterocycles. The van der Waals surface area contributed by atoms with E-state index in [0.717, 1.165) is 5.39 Å². The predicted octanol–water partition coefficient (Wildman–Crippen LogP) is 1.61. The van der Waals surface area contributed by atoms with Gasteiger partial charge in [0.05, 0.1) is 5.52 Å². The molecule has 0 saturated heterocycles. The predicted molar refractivity (Wildman–Crippen MR) is 55.2 cm³/mol. The summed E-state index contributed by atoms with van der Waals surface area (Å²) in [6.07, 6.45) is 0. The summed E-state index contributed by atoms with van der Waals surface area (Å²) in [7, 11) is 0. The third-order valence-electron chi connectivity index (χ3n) is 1.84. The standard InChI is InChI=1S/C8H6BrN3O2/c9-5-2-3-1-4(8(13)14)11-6(3)7(10)12-5/h1-2,11H,(H2,10,12)(H,13,14). The number of aromatic nitrogens is 2. The summed E-state index contributed by atoms with van der Waals surface area (Å²) in [4.78, 5) is 17.3. The van der Waals surface area contributed by atoms with E-state index in [2.05, 4.69) is 25.9 Å². The van der Waals surface area contributed by atoms with Crippen LogP contribution in [0.1, 0.15) is 10.5 Å². The first-order valence-electron chi connectivity index (χ1n) is 3.76. The Kier molecular flexibility index (Phi) is 1.92. The molecule has 0 atom stereocenters. The van der Waals surface area contributed by atoms with Crippen molar-refractivity contribution < 1.29 is 9.90 Å². The van der Waals surface area contributed by atoms with Crippen molar-refractivity contribution in [3.63, 3.8) is 0 Å². The number of hydrogen-bond acceptors (Lipinski definition) is 3. The van der Waals surface area contributed by atoms with Gasteiger partial charge in [-0.1, -0.05) is 0 Å². The molecular weight excluding hydrogens is 250 g/mol. The van der Waals surface area contributed by atoms with Crippen molar-refractivity contribution in [2.45, 2.75) is 0 Å². The number of aromatic amines is 1. The third kappa shape index (κ3) is 1.33. The Labute approximate surface area is 87.1 Å². The zero-order chi connectivity index (χ0) is 10.3. The Morgan fingerprint density at radius 2 is 2.29 bits per heavy atom.